The number of rotatable bonds is 9. The molecule has 1 unspecified atom stereocenters. The molecule has 2 atom stereocenters. The number of hydrogen-bond donors (Lipinski definition) is 1. The summed E-state index contributed by atoms with van der Waals surface area (Å²) in [6.07, 6.45) is 1.91. The maximum absolute atomic E-state index is 11.8. The fraction of sp³-hybridized carbons (Fsp3) is 0.409. The SMILES string of the molecule is CCOc1ccc(N2C=c3ccccc3=N[C@@H]2C(C)NCCS(=O)(=O)CC)cc1. The monoisotopic (exact) mass is 415 g/mol. The van der Waals surface area contributed by atoms with Gasteiger partial charge in [-0.1, -0.05) is 25.1 Å². The molecule has 29 heavy (non-hydrogen) atoms. The molecule has 1 aliphatic rings. The maximum Gasteiger partial charge on any atom is 0.151 e. The predicted molar refractivity (Wildman–Crippen MR) is 117 cm³/mol. The van der Waals surface area contributed by atoms with E-state index in [-0.39, 0.29) is 23.7 Å². The quantitative estimate of drug-likeness (QED) is 0.675. The van der Waals surface area contributed by atoms with E-state index in [0.717, 1.165) is 22.0 Å². The third kappa shape index (κ3) is 5.36. The third-order valence-electron chi connectivity index (χ3n) is 4.98. The molecule has 7 heteroatoms. The minimum absolute atomic E-state index is 0.0433. The number of nitrogens with one attached hydrogen (secondary N) is 1. The molecule has 1 N–H and O–H groups in total. The zero-order chi connectivity index (χ0) is 20.9. The molecule has 0 saturated heterocycles. The van der Waals surface area contributed by atoms with Crippen molar-refractivity contribution in [3.8, 4) is 5.75 Å². The fourth-order valence-electron chi connectivity index (χ4n) is 3.30. The van der Waals surface area contributed by atoms with Crippen molar-refractivity contribution < 1.29 is 13.2 Å². The molecule has 1 heterocycles. The van der Waals surface area contributed by atoms with Crippen molar-refractivity contribution in [3.05, 3.63) is 59.1 Å². The number of anilines is 1. The molecule has 0 aromatic heterocycles. The van der Waals surface area contributed by atoms with Crippen molar-refractivity contribution >= 4 is 21.7 Å². The normalized spacial score (nSPS) is 17.1. The van der Waals surface area contributed by atoms with Crippen LogP contribution in [0, 0.1) is 0 Å². The van der Waals surface area contributed by atoms with Gasteiger partial charge in [-0.3, -0.25) is 4.99 Å². The first-order valence-electron chi connectivity index (χ1n) is 10.0. The maximum atomic E-state index is 11.8. The van der Waals surface area contributed by atoms with Gasteiger partial charge in [0.25, 0.3) is 0 Å². The van der Waals surface area contributed by atoms with E-state index in [0.29, 0.717) is 13.2 Å². The van der Waals surface area contributed by atoms with E-state index >= 15 is 0 Å². The summed E-state index contributed by atoms with van der Waals surface area (Å²) in [4.78, 5) is 7.08. The molecule has 6 nitrogen and oxygen atoms in total. The average Bonchev–Trinajstić information content (AvgIpc) is 2.73. The molecular formula is C22H29N3O3S. The molecule has 2 aromatic rings. The van der Waals surface area contributed by atoms with Crippen LogP contribution in [-0.4, -0.2) is 45.3 Å². The summed E-state index contributed by atoms with van der Waals surface area (Å²) in [5, 5.41) is 5.34. The lowest BCUT2D eigenvalue weighted by molar-refractivity contribution is 0.340. The first kappa shape index (κ1) is 21.3. The Morgan fingerprint density at radius 2 is 1.86 bits per heavy atom. The molecule has 156 valence electrons. The van der Waals surface area contributed by atoms with Crippen molar-refractivity contribution in [1.29, 1.82) is 0 Å². The second-order valence-electron chi connectivity index (χ2n) is 7.04. The number of fused-ring (bicyclic) bond motifs is 1. The van der Waals surface area contributed by atoms with E-state index in [1.54, 1.807) is 6.92 Å². The van der Waals surface area contributed by atoms with Crippen LogP contribution in [0.5, 0.6) is 5.75 Å². The van der Waals surface area contributed by atoms with E-state index in [2.05, 4.69) is 16.4 Å². The Kier molecular flexibility index (Phi) is 6.92. The molecule has 0 saturated carbocycles. The number of hydrogen-bond acceptors (Lipinski definition) is 6. The Morgan fingerprint density at radius 3 is 2.55 bits per heavy atom. The highest BCUT2D eigenvalue weighted by Gasteiger charge is 2.25. The van der Waals surface area contributed by atoms with E-state index in [1.165, 1.54) is 0 Å². The largest absolute Gasteiger partial charge is 0.494 e. The van der Waals surface area contributed by atoms with Crippen molar-refractivity contribution in [2.45, 2.75) is 33.0 Å². The van der Waals surface area contributed by atoms with Crippen LogP contribution >= 0.6 is 0 Å². The second-order valence-corrected chi connectivity index (χ2v) is 9.52. The van der Waals surface area contributed by atoms with Gasteiger partial charge in [0.2, 0.25) is 0 Å². The lowest BCUT2D eigenvalue weighted by atomic mass is 10.1. The topological polar surface area (TPSA) is 71.0 Å². The van der Waals surface area contributed by atoms with Crippen LogP contribution in [0.3, 0.4) is 0 Å². The molecule has 0 bridgehead atoms. The Balaban J connectivity index is 1.86. The number of para-hydroxylation sites is 1. The summed E-state index contributed by atoms with van der Waals surface area (Å²) < 4.78 is 29.2. The van der Waals surface area contributed by atoms with Crippen molar-refractivity contribution in [2.75, 3.05) is 29.6 Å². The smallest absolute Gasteiger partial charge is 0.151 e. The molecule has 3 rings (SSSR count). The van der Waals surface area contributed by atoms with Crippen molar-refractivity contribution in [1.82, 2.24) is 5.32 Å². The Bertz CT molecular complexity index is 1040. The van der Waals surface area contributed by atoms with Gasteiger partial charge in [0.15, 0.2) is 9.84 Å². The zero-order valence-corrected chi connectivity index (χ0v) is 18.0. The van der Waals surface area contributed by atoms with Crippen LogP contribution in [0.4, 0.5) is 5.69 Å². The number of sulfone groups is 1. The van der Waals surface area contributed by atoms with Gasteiger partial charge in [0.05, 0.1) is 17.7 Å². The van der Waals surface area contributed by atoms with E-state index < -0.39 is 9.84 Å². The van der Waals surface area contributed by atoms with E-state index in [9.17, 15) is 8.42 Å². The lowest BCUT2D eigenvalue weighted by Crippen LogP contribution is -2.51. The third-order valence-corrected chi connectivity index (χ3v) is 6.69. The summed E-state index contributed by atoms with van der Waals surface area (Å²) in [6, 6.07) is 15.9. The fourth-order valence-corrected chi connectivity index (χ4v) is 4.02. The zero-order valence-electron chi connectivity index (χ0n) is 17.2. The summed E-state index contributed by atoms with van der Waals surface area (Å²) in [6.45, 7) is 6.71. The van der Waals surface area contributed by atoms with Gasteiger partial charge in [0.1, 0.15) is 11.9 Å². The van der Waals surface area contributed by atoms with Crippen LogP contribution in [-0.2, 0) is 9.84 Å². The number of nitrogens with zero attached hydrogens (tertiary/aromatic N) is 2. The summed E-state index contributed by atoms with van der Waals surface area (Å²) >= 11 is 0. The van der Waals surface area contributed by atoms with Crippen LogP contribution in [0.1, 0.15) is 20.8 Å². The number of benzene rings is 2. The summed E-state index contributed by atoms with van der Waals surface area (Å²) in [5.74, 6) is 1.12. The summed E-state index contributed by atoms with van der Waals surface area (Å²) in [7, 11) is -3.00. The molecule has 0 fully saturated rings. The Labute approximate surface area is 172 Å². The highest BCUT2D eigenvalue weighted by molar-refractivity contribution is 7.91. The average molecular weight is 416 g/mol. The van der Waals surface area contributed by atoms with Gasteiger partial charge in [-0.15, -0.1) is 0 Å². The van der Waals surface area contributed by atoms with Crippen LogP contribution in [0.2, 0.25) is 0 Å². The van der Waals surface area contributed by atoms with E-state index in [1.807, 2.05) is 62.4 Å². The first-order valence-corrected chi connectivity index (χ1v) is 11.9. The van der Waals surface area contributed by atoms with Crippen molar-refractivity contribution in [3.63, 3.8) is 0 Å². The number of ether oxygens (including phenoxy) is 1. The molecule has 0 amide bonds. The molecule has 0 aliphatic carbocycles. The van der Waals surface area contributed by atoms with Crippen LogP contribution in [0.25, 0.3) is 6.20 Å². The molecular weight excluding hydrogens is 386 g/mol. The van der Waals surface area contributed by atoms with Crippen LogP contribution in [0.15, 0.2) is 53.5 Å². The van der Waals surface area contributed by atoms with Gasteiger partial charge in [-0.05, 0) is 44.2 Å². The summed E-state index contributed by atoms with van der Waals surface area (Å²) in [5.41, 5.74) is 1.01. The Morgan fingerprint density at radius 1 is 1.14 bits per heavy atom. The van der Waals surface area contributed by atoms with Gasteiger partial charge in [0, 0.05) is 35.4 Å². The molecule has 1 aliphatic heterocycles. The highest BCUT2D eigenvalue weighted by Crippen LogP contribution is 2.24. The lowest BCUT2D eigenvalue weighted by Gasteiger charge is -2.34. The van der Waals surface area contributed by atoms with Gasteiger partial charge in [-0.25, -0.2) is 8.42 Å². The molecule has 0 spiro atoms. The minimum Gasteiger partial charge on any atom is -0.494 e. The first-order chi connectivity index (χ1) is 13.9. The van der Waals surface area contributed by atoms with Crippen LogP contribution < -0.4 is 25.5 Å². The Hall–Kier alpha value is -2.38. The standard InChI is InChI=1S/C22H29N3O3S/c1-4-28-20-12-10-19(11-13-20)25-16-18-8-6-7-9-21(18)24-22(25)17(3)23-14-15-29(26,27)5-2/h6-13,16-17,22-23H,4-5,14-15H2,1-3H3/t17?,22-/m0/s1. The van der Waals surface area contributed by atoms with Gasteiger partial charge < -0.3 is 15.0 Å². The molecule has 2 aromatic carbocycles. The van der Waals surface area contributed by atoms with Gasteiger partial charge >= 0.3 is 0 Å². The minimum atomic E-state index is -3.00. The predicted octanol–water partition coefficient (Wildman–Crippen LogP) is 1.70. The van der Waals surface area contributed by atoms with Gasteiger partial charge in [-0.2, -0.15) is 0 Å². The van der Waals surface area contributed by atoms with E-state index in [4.69, 9.17) is 9.73 Å². The molecule has 0 radical (unpaired) electrons. The highest BCUT2D eigenvalue weighted by atomic mass is 32.2. The second kappa shape index (κ2) is 9.41. The van der Waals surface area contributed by atoms with Crippen molar-refractivity contribution in [2.24, 2.45) is 4.99 Å².